The van der Waals surface area contributed by atoms with Crippen molar-refractivity contribution in [2.24, 2.45) is 0 Å². The molecule has 3 rings (SSSR count). The Labute approximate surface area is 116 Å². The van der Waals surface area contributed by atoms with Crippen molar-refractivity contribution in [2.75, 3.05) is 20.2 Å². The Morgan fingerprint density at radius 1 is 1.17 bits per heavy atom. The second-order valence-electron chi connectivity index (χ2n) is 5.18. The maximum Gasteiger partial charge on any atom is 0.122 e. The molecule has 0 N–H and O–H groups in total. The molecule has 0 saturated carbocycles. The van der Waals surface area contributed by atoms with E-state index in [-0.39, 0.29) is 12.4 Å². The first kappa shape index (κ1) is 13.7. The van der Waals surface area contributed by atoms with Crippen LogP contribution in [-0.4, -0.2) is 25.1 Å². The number of hydrogen-bond donors (Lipinski definition) is 0. The number of methoxy groups -OCH3 is 1. The molecule has 0 amide bonds. The lowest BCUT2D eigenvalue weighted by Crippen LogP contribution is -2.28. The van der Waals surface area contributed by atoms with E-state index in [9.17, 15) is 0 Å². The molecule has 1 aliphatic heterocycles. The molecule has 3 heteroatoms. The van der Waals surface area contributed by atoms with E-state index in [4.69, 9.17) is 4.74 Å². The van der Waals surface area contributed by atoms with Gasteiger partial charge in [-0.25, -0.2) is 0 Å². The van der Waals surface area contributed by atoms with E-state index >= 15 is 0 Å². The first-order chi connectivity index (χ1) is 8.40. The first-order valence-electron chi connectivity index (χ1n) is 6.80. The maximum atomic E-state index is 5.51. The fourth-order valence-electron chi connectivity index (χ4n) is 3.41. The number of rotatable bonds is 2. The number of fused-ring (bicyclic) bond motifs is 1. The molecule has 1 fully saturated rings. The van der Waals surface area contributed by atoms with Gasteiger partial charge in [0.05, 0.1) is 7.11 Å². The second-order valence-corrected chi connectivity index (χ2v) is 5.18. The average molecular weight is 268 g/mol. The fourth-order valence-corrected chi connectivity index (χ4v) is 3.41. The first-order valence-corrected chi connectivity index (χ1v) is 6.80. The molecule has 1 unspecified atom stereocenters. The minimum absolute atomic E-state index is 0. The van der Waals surface area contributed by atoms with Crippen LogP contribution < -0.4 is 4.74 Å². The van der Waals surface area contributed by atoms with E-state index in [1.807, 2.05) is 0 Å². The zero-order valence-corrected chi connectivity index (χ0v) is 11.8. The molecule has 18 heavy (non-hydrogen) atoms. The van der Waals surface area contributed by atoms with Crippen LogP contribution in [0.1, 0.15) is 42.9 Å². The Balaban J connectivity index is 0.00000120. The Bertz CT molecular complexity index is 401. The van der Waals surface area contributed by atoms with Crippen LogP contribution in [0.25, 0.3) is 0 Å². The van der Waals surface area contributed by atoms with Crippen LogP contribution in [0, 0.1) is 0 Å². The van der Waals surface area contributed by atoms with E-state index in [2.05, 4.69) is 23.1 Å². The summed E-state index contributed by atoms with van der Waals surface area (Å²) in [7, 11) is 1.79. The maximum absolute atomic E-state index is 5.51. The molecule has 2 aliphatic rings. The van der Waals surface area contributed by atoms with E-state index in [0.717, 1.165) is 5.75 Å². The van der Waals surface area contributed by atoms with Gasteiger partial charge in [0, 0.05) is 6.04 Å². The van der Waals surface area contributed by atoms with Gasteiger partial charge in [-0.2, -0.15) is 0 Å². The second kappa shape index (κ2) is 5.94. The van der Waals surface area contributed by atoms with Crippen molar-refractivity contribution in [3.8, 4) is 5.75 Å². The highest BCUT2D eigenvalue weighted by Crippen LogP contribution is 2.39. The van der Waals surface area contributed by atoms with Crippen LogP contribution in [0.3, 0.4) is 0 Å². The summed E-state index contributed by atoms with van der Waals surface area (Å²) < 4.78 is 5.51. The SMILES string of the molecule is COc1cccc2c1CCCC2N1CCCC1.Cl. The Kier molecular flexibility index (Phi) is 4.52. The molecule has 0 aromatic heterocycles. The third-order valence-electron chi connectivity index (χ3n) is 4.23. The summed E-state index contributed by atoms with van der Waals surface area (Å²) in [4.78, 5) is 2.66. The molecule has 0 radical (unpaired) electrons. The predicted octanol–water partition coefficient (Wildman–Crippen LogP) is 3.59. The Hall–Kier alpha value is -0.730. The summed E-state index contributed by atoms with van der Waals surface area (Å²) in [5, 5.41) is 0. The largest absolute Gasteiger partial charge is 0.496 e. The normalized spacial score (nSPS) is 23.3. The van der Waals surface area contributed by atoms with Crippen LogP contribution in [0.4, 0.5) is 0 Å². The molecule has 1 aliphatic carbocycles. The van der Waals surface area contributed by atoms with E-state index < -0.39 is 0 Å². The fraction of sp³-hybridized carbons (Fsp3) is 0.600. The third kappa shape index (κ3) is 2.36. The van der Waals surface area contributed by atoms with E-state index in [1.165, 1.54) is 56.3 Å². The van der Waals surface area contributed by atoms with Crippen molar-refractivity contribution in [1.82, 2.24) is 4.90 Å². The number of halogens is 1. The molecule has 0 spiro atoms. The summed E-state index contributed by atoms with van der Waals surface area (Å²) in [6, 6.07) is 7.20. The van der Waals surface area contributed by atoms with Gasteiger partial charge < -0.3 is 4.74 Å². The minimum Gasteiger partial charge on any atom is -0.496 e. The van der Waals surface area contributed by atoms with Crippen LogP contribution in [0.15, 0.2) is 18.2 Å². The van der Waals surface area contributed by atoms with Crippen LogP contribution in [0.2, 0.25) is 0 Å². The van der Waals surface area contributed by atoms with E-state index in [0.29, 0.717) is 6.04 Å². The molecule has 1 aromatic rings. The van der Waals surface area contributed by atoms with Gasteiger partial charge in [0.1, 0.15) is 5.75 Å². The predicted molar refractivity (Wildman–Crippen MR) is 76.7 cm³/mol. The van der Waals surface area contributed by atoms with Gasteiger partial charge in [-0.05, 0) is 62.4 Å². The smallest absolute Gasteiger partial charge is 0.122 e. The summed E-state index contributed by atoms with van der Waals surface area (Å²) in [6.07, 6.45) is 6.55. The Morgan fingerprint density at radius 3 is 2.67 bits per heavy atom. The zero-order valence-electron chi connectivity index (χ0n) is 11.0. The van der Waals surface area contributed by atoms with Gasteiger partial charge in [-0.1, -0.05) is 12.1 Å². The standard InChI is InChI=1S/C15H21NO.ClH/c1-17-15-9-5-6-12-13(15)7-4-8-14(12)16-10-2-3-11-16;/h5-6,9,14H,2-4,7-8,10-11H2,1H3;1H. The van der Waals surface area contributed by atoms with Gasteiger partial charge >= 0.3 is 0 Å². The molecule has 0 bridgehead atoms. The molecule has 2 nitrogen and oxygen atoms in total. The molecular weight excluding hydrogens is 246 g/mol. The number of likely N-dealkylation sites (tertiary alicyclic amines) is 1. The number of nitrogens with zero attached hydrogens (tertiary/aromatic N) is 1. The van der Waals surface area contributed by atoms with Gasteiger partial charge in [-0.3, -0.25) is 4.90 Å². The molecule has 1 atom stereocenters. The average Bonchev–Trinajstić information content (AvgIpc) is 2.91. The molecule has 100 valence electrons. The summed E-state index contributed by atoms with van der Waals surface area (Å²) in [6.45, 7) is 2.56. The van der Waals surface area contributed by atoms with Crippen molar-refractivity contribution < 1.29 is 4.74 Å². The molecular formula is C15H22ClNO. The summed E-state index contributed by atoms with van der Waals surface area (Å²) in [5.41, 5.74) is 2.98. The van der Waals surface area contributed by atoms with Crippen molar-refractivity contribution >= 4 is 12.4 Å². The minimum atomic E-state index is 0. The number of hydrogen-bond acceptors (Lipinski definition) is 2. The van der Waals surface area contributed by atoms with Gasteiger partial charge in [0.25, 0.3) is 0 Å². The van der Waals surface area contributed by atoms with E-state index in [1.54, 1.807) is 7.11 Å². The van der Waals surface area contributed by atoms with Crippen LogP contribution >= 0.6 is 12.4 Å². The quantitative estimate of drug-likeness (QED) is 0.812. The number of ether oxygens (including phenoxy) is 1. The highest BCUT2D eigenvalue weighted by Gasteiger charge is 2.28. The van der Waals surface area contributed by atoms with Gasteiger partial charge in [0.15, 0.2) is 0 Å². The lowest BCUT2D eigenvalue weighted by atomic mass is 9.86. The summed E-state index contributed by atoms with van der Waals surface area (Å²) in [5.74, 6) is 1.09. The highest BCUT2D eigenvalue weighted by atomic mass is 35.5. The highest BCUT2D eigenvalue weighted by molar-refractivity contribution is 5.85. The summed E-state index contributed by atoms with van der Waals surface area (Å²) >= 11 is 0. The van der Waals surface area contributed by atoms with Crippen LogP contribution in [0.5, 0.6) is 5.75 Å². The monoisotopic (exact) mass is 267 g/mol. The zero-order chi connectivity index (χ0) is 11.7. The molecule has 1 heterocycles. The van der Waals surface area contributed by atoms with Crippen LogP contribution in [-0.2, 0) is 6.42 Å². The van der Waals surface area contributed by atoms with Gasteiger partial charge in [0.2, 0.25) is 0 Å². The van der Waals surface area contributed by atoms with Crippen molar-refractivity contribution in [2.45, 2.75) is 38.1 Å². The van der Waals surface area contributed by atoms with Crippen molar-refractivity contribution in [1.29, 1.82) is 0 Å². The molecule has 1 aromatic carbocycles. The van der Waals surface area contributed by atoms with Crippen molar-refractivity contribution in [3.05, 3.63) is 29.3 Å². The lowest BCUT2D eigenvalue weighted by Gasteiger charge is -2.33. The lowest BCUT2D eigenvalue weighted by molar-refractivity contribution is 0.220. The third-order valence-corrected chi connectivity index (χ3v) is 4.23. The Morgan fingerprint density at radius 2 is 1.94 bits per heavy atom. The van der Waals surface area contributed by atoms with Gasteiger partial charge in [-0.15, -0.1) is 12.4 Å². The number of benzene rings is 1. The topological polar surface area (TPSA) is 12.5 Å². The van der Waals surface area contributed by atoms with Crippen molar-refractivity contribution in [3.63, 3.8) is 0 Å². The molecule has 1 saturated heterocycles.